The van der Waals surface area contributed by atoms with Crippen LogP contribution >= 0.6 is 11.8 Å². The molecule has 1 aromatic carbocycles. The quantitative estimate of drug-likeness (QED) is 0.769. The second kappa shape index (κ2) is 7.89. The Kier molecular flexibility index (Phi) is 6.85. The van der Waals surface area contributed by atoms with Crippen LogP contribution in [-0.2, 0) is 16.6 Å². The number of hydrogen-bond donors (Lipinski definition) is 2. The minimum Gasteiger partial charge on any atom is -0.316 e. The van der Waals surface area contributed by atoms with Gasteiger partial charge in [-0.25, -0.2) is 13.1 Å². The van der Waals surface area contributed by atoms with E-state index >= 15 is 0 Å². The van der Waals surface area contributed by atoms with Crippen LogP contribution in [0.1, 0.15) is 18.9 Å². The molecule has 0 aliphatic rings. The highest BCUT2D eigenvalue weighted by Crippen LogP contribution is 2.13. The maximum atomic E-state index is 12.3. The van der Waals surface area contributed by atoms with E-state index in [0.29, 0.717) is 11.4 Å². The van der Waals surface area contributed by atoms with Gasteiger partial charge in [-0.3, -0.25) is 0 Å². The number of sulfonamides is 1. The number of thioether (sulfide) groups is 1. The van der Waals surface area contributed by atoms with E-state index in [-0.39, 0.29) is 6.04 Å². The third kappa shape index (κ3) is 5.14. The highest BCUT2D eigenvalue weighted by atomic mass is 32.2. The molecule has 0 saturated heterocycles. The molecule has 108 valence electrons. The Morgan fingerprint density at radius 3 is 2.68 bits per heavy atom. The molecule has 0 aromatic heterocycles. The van der Waals surface area contributed by atoms with Crippen LogP contribution in [0.5, 0.6) is 0 Å². The van der Waals surface area contributed by atoms with Crippen LogP contribution in [0.2, 0.25) is 0 Å². The van der Waals surface area contributed by atoms with E-state index in [1.807, 2.05) is 26.3 Å². The van der Waals surface area contributed by atoms with E-state index in [0.717, 1.165) is 17.7 Å². The SMILES string of the molecule is CCC(CSC)NS(=O)(=O)c1cccc(CNC)c1. The van der Waals surface area contributed by atoms with Gasteiger partial charge in [0.05, 0.1) is 4.90 Å². The van der Waals surface area contributed by atoms with Crippen LogP contribution < -0.4 is 10.0 Å². The van der Waals surface area contributed by atoms with E-state index < -0.39 is 10.0 Å². The second-order valence-electron chi connectivity index (χ2n) is 4.36. The molecule has 6 heteroatoms. The number of rotatable bonds is 8. The van der Waals surface area contributed by atoms with Gasteiger partial charge < -0.3 is 5.32 Å². The van der Waals surface area contributed by atoms with Crippen molar-refractivity contribution in [2.45, 2.75) is 30.8 Å². The van der Waals surface area contributed by atoms with Crippen LogP contribution in [0.15, 0.2) is 29.2 Å². The minimum atomic E-state index is -3.43. The van der Waals surface area contributed by atoms with Gasteiger partial charge in [-0.05, 0) is 37.4 Å². The van der Waals surface area contributed by atoms with Crippen LogP contribution in [0.3, 0.4) is 0 Å². The van der Waals surface area contributed by atoms with E-state index in [4.69, 9.17) is 0 Å². The zero-order valence-electron chi connectivity index (χ0n) is 11.6. The first-order valence-electron chi connectivity index (χ1n) is 6.28. The van der Waals surface area contributed by atoms with Gasteiger partial charge in [-0.1, -0.05) is 19.1 Å². The van der Waals surface area contributed by atoms with Crippen molar-refractivity contribution in [2.75, 3.05) is 19.1 Å². The average Bonchev–Trinajstić information content (AvgIpc) is 2.39. The Morgan fingerprint density at radius 2 is 2.11 bits per heavy atom. The van der Waals surface area contributed by atoms with E-state index in [1.54, 1.807) is 30.0 Å². The molecule has 0 saturated carbocycles. The smallest absolute Gasteiger partial charge is 0.240 e. The van der Waals surface area contributed by atoms with E-state index in [9.17, 15) is 8.42 Å². The molecule has 0 aliphatic heterocycles. The largest absolute Gasteiger partial charge is 0.316 e. The summed E-state index contributed by atoms with van der Waals surface area (Å²) in [5.74, 6) is 0.784. The summed E-state index contributed by atoms with van der Waals surface area (Å²) in [7, 11) is -1.59. The topological polar surface area (TPSA) is 58.2 Å². The fourth-order valence-corrected chi connectivity index (χ4v) is 3.97. The van der Waals surface area contributed by atoms with Gasteiger partial charge in [0.25, 0.3) is 0 Å². The molecular weight excluding hydrogens is 280 g/mol. The molecule has 0 amide bonds. The summed E-state index contributed by atoms with van der Waals surface area (Å²) in [6.45, 7) is 2.65. The number of hydrogen-bond acceptors (Lipinski definition) is 4. The molecule has 1 rings (SSSR count). The van der Waals surface area contributed by atoms with Gasteiger partial charge in [-0.15, -0.1) is 0 Å². The molecule has 1 aromatic rings. The van der Waals surface area contributed by atoms with Gasteiger partial charge in [0.1, 0.15) is 0 Å². The first-order valence-corrected chi connectivity index (χ1v) is 9.16. The summed E-state index contributed by atoms with van der Waals surface area (Å²) in [5.41, 5.74) is 0.961. The summed E-state index contributed by atoms with van der Waals surface area (Å²) >= 11 is 1.64. The molecule has 0 radical (unpaired) electrons. The number of nitrogens with one attached hydrogen (secondary N) is 2. The summed E-state index contributed by atoms with van der Waals surface area (Å²) in [6, 6.07) is 7.01. The Labute approximate surface area is 120 Å². The maximum absolute atomic E-state index is 12.3. The third-order valence-electron chi connectivity index (χ3n) is 2.77. The monoisotopic (exact) mass is 302 g/mol. The van der Waals surface area contributed by atoms with E-state index in [1.165, 1.54) is 0 Å². The predicted molar refractivity (Wildman–Crippen MR) is 82.0 cm³/mol. The first kappa shape index (κ1) is 16.5. The molecule has 1 unspecified atom stereocenters. The summed E-state index contributed by atoms with van der Waals surface area (Å²) in [5, 5.41) is 3.02. The zero-order valence-corrected chi connectivity index (χ0v) is 13.3. The van der Waals surface area contributed by atoms with Gasteiger partial charge >= 0.3 is 0 Å². The van der Waals surface area contributed by atoms with Crippen molar-refractivity contribution in [1.82, 2.24) is 10.0 Å². The molecule has 0 fully saturated rings. The van der Waals surface area contributed by atoms with Gasteiger partial charge in [-0.2, -0.15) is 11.8 Å². The van der Waals surface area contributed by atoms with Crippen molar-refractivity contribution >= 4 is 21.8 Å². The molecule has 0 bridgehead atoms. The lowest BCUT2D eigenvalue weighted by Gasteiger charge is -2.16. The molecule has 0 heterocycles. The van der Waals surface area contributed by atoms with Crippen molar-refractivity contribution in [1.29, 1.82) is 0 Å². The molecule has 4 nitrogen and oxygen atoms in total. The Balaban J connectivity index is 2.89. The van der Waals surface area contributed by atoms with E-state index in [2.05, 4.69) is 10.0 Å². The summed E-state index contributed by atoms with van der Waals surface area (Å²) in [4.78, 5) is 0.333. The van der Waals surface area contributed by atoms with Gasteiger partial charge in [0, 0.05) is 18.3 Å². The predicted octanol–water partition coefficient (Wildman–Crippen LogP) is 1.83. The molecular formula is C13H22N2O2S2. The maximum Gasteiger partial charge on any atom is 0.240 e. The van der Waals surface area contributed by atoms with Crippen molar-refractivity contribution in [3.63, 3.8) is 0 Å². The standard InChI is InChI=1S/C13H22N2O2S2/c1-4-12(10-18-3)15-19(16,17)13-7-5-6-11(8-13)9-14-2/h5-8,12,14-15H,4,9-10H2,1-3H3. The van der Waals surface area contributed by atoms with Crippen molar-refractivity contribution in [2.24, 2.45) is 0 Å². The highest BCUT2D eigenvalue weighted by molar-refractivity contribution is 7.98. The molecule has 2 N–H and O–H groups in total. The van der Waals surface area contributed by atoms with Gasteiger partial charge in [0.15, 0.2) is 0 Å². The fourth-order valence-electron chi connectivity index (χ4n) is 1.75. The lowest BCUT2D eigenvalue weighted by molar-refractivity contribution is 0.558. The first-order chi connectivity index (χ1) is 9.03. The lowest BCUT2D eigenvalue weighted by Crippen LogP contribution is -2.36. The van der Waals surface area contributed by atoms with Crippen LogP contribution in [-0.4, -0.2) is 33.5 Å². The Bertz CT molecular complexity index is 489. The third-order valence-corrected chi connectivity index (χ3v) is 5.03. The molecule has 0 aliphatic carbocycles. The average molecular weight is 302 g/mol. The zero-order chi connectivity index (χ0) is 14.3. The highest BCUT2D eigenvalue weighted by Gasteiger charge is 2.18. The normalized spacial score (nSPS) is 13.4. The second-order valence-corrected chi connectivity index (χ2v) is 6.98. The Morgan fingerprint density at radius 1 is 1.37 bits per heavy atom. The van der Waals surface area contributed by atoms with Gasteiger partial charge in [0.2, 0.25) is 10.0 Å². The van der Waals surface area contributed by atoms with Crippen molar-refractivity contribution < 1.29 is 8.42 Å². The molecule has 0 spiro atoms. The lowest BCUT2D eigenvalue weighted by atomic mass is 10.2. The summed E-state index contributed by atoms with van der Waals surface area (Å²) in [6.07, 6.45) is 2.76. The minimum absolute atomic E-state index is 0.0204. The van der Waals surface area contributed by atoms with Crippen LogP contribution in [0.4, 0.5) is 0 Å². The Hall–Kier alpha value is -0.560. The fraction of sp³-hybridized carbons (Fsp3) is 0.538. The molecule has 1 atom stereocenters. The van der Waals surface area contributed by atoms with Crippen molar-refractivity contribution in [3.05, 3.63) is 29.8 Å². The summed E-state index contributed by atoms with van der Waals surface area (Å²) < 4.78 is 27.3. The van der Waals surface area contributed by atoms with Crippen LogP contribution in [0.25, 0.3) is 0 Å². The number of benzene rings is 1. The van der Waals surface area contributed by atoms with Crippen LogP contribution in [0, 0.1) is 0 Å². The van der Waals surface area contributed by atoms with Crippen molar-refractivity contribution in [3.8, 4) is 0 Å². The molecule has 19 heavy (non-hydrogen) atoms.